The molecule has 2 aromatic rings. The SMILES string of the molecule is CCOCCc1ccc2cc(COCCOCC3CO3)ccc2c1. The van der Waals surface area contributed by atoms with E-state index in [-0.39, 0.29) is 0 Å². The average Bonchev–Trinajstić information content (AvgIpc) is 3.42. The van der Waals surface area contributed by atoms with Crippen molar-refractivity contribution in [1.82, 2.24) is 0 Å². The predicted molar refractivity (Wildman–Crippen MR) is 94.4 cm³/mol. The fourth-order valence-electron chi connectivity index (χ4n) is 2.61. The lowest BCUT2D eigenvalue weighted by Crippen LogP contribution is -2.08. The summed E-state index contributed by atoms with van der Waals surface area (Å²) in [6, 6.07) is 13.1. The second kappa shape index (κ2) is 9.14. The summed E-state index contributed by atoms with van der Waals surface area (Å²) in [5, 5.41) is 2.51. The molecule has 1 unspecified atom stereocenters. The highest BCUT2D eigenvalue weighted by molar-refractivity contribution is 5.83. The third-order valence-corrected chi connectivity index (χ3v) is 4.06. The van der Waals surface area contributed by atoms with E-state index in [1.807, 2.05) is 6.92 Å². The summed E-state index contributed by atoms with van der Waals surface area (Å²) in [5.41, 5.74) is 2.51. The highest BCUT2D eigenvalue weighted by atomic mass is 16.6. The highest BCUT2D eigenvalue weighted by Gasteiger charge is 2.21. The van der Waals surface area contributed by atoms with Gasteiger partial charge >= 0.3 is 0 Å². The lowest BCUT2D eigenvalue weighted by Gasteiger charge is -2.08. The smallest absolute Gasteiger partial charge is 0.104 e. The van der Waals surface area contributed by atoms with Crippen LogP contribution in [0.1, 0.15) is 18.1 Å². The third kappa shape index (κ3) is 5.56. The number of hydrogen-bond donors (Lipinski definition) is 0. The van der Waals surface area contributed by atoms with Gasteiger partial charge in [-0.1, -0.05) is 30.3 Å². The average molecular weight is 330 g/mol. The van der Waals surface area contributed by atoms with Crippen molar-refractivity contribution in [2.75, 3.05) is 39.6 Å². The first-order valence-corrected chi connectivity index (χ1v) is 8.71. The number of benzene rings is 2. The normalized spacial score (nSPS) is 16.6. The molecule has 0 spiro atoms. The molecule has 4 heteroatoms. The van der Waals surface area contributed by atoms with Crippen molar-refractivity contribution >= 4 is 10.8 Å². The van der Waals surface area contributed by atoms with Crippen LogP contribution in [0.5, 0.6) is 0 Å². The molecule has 0 amide bonds. The van der Waals surface area contributed by atoms with Gasteiger partial charge in [0.15, 0.2) is 0 Å². The van der Waals surface area contributed by atoms with Crippen molar-refractivity contribution in [3.8, 4) is 0 Å². The Morgan fingerprint density at radius 2 is 1.62 bits per heavy atom. The van der Waals surface area contributed by atoms with E-state index in [4.69, 9.17) is 18.9 Å². The monoisotopic (exact) mass is 330 g/mol. The summed E-state index contributed by atoms with van der Waals surface area (Å²) in [4.78, 5) is 0. The van der Waals surface area contributed by atoms with E-state index < -0.39 is 0 Å². The van der Waals surface area contributed by atoms with Crippen LogP contribution >= 0.6 is 0 Å². The lowest BCUT2D eigenvalue weighted by atomic mass is 10.0. The number of epoxide rings is 1. The van der Waals surface area contributed by atoms with E-state index in [2.05, 4.69) is 36.4 Å². The molecule has 1 saturated heterocycles. The highest BCUT2D eigenvalue weighted by Crippen LogP contribution is 2.19. The van der Waals surface area contributed by atoms with Gasteiger partial charge < -0.3 is 18.9 Å². The zero-order valence-corrected chi connectivity index (χ0v) is 14.3. The standard InChI is InChI=1S/C20H26O4/c1-2-21-8-7-16-3-5-19-12-17(4-6-18(19)11-16)13-22-9-10-23-14-20-15-24-20/h3-6,11-12,20H,2,7-10,13-15H2,1H3. The summed E-state index contributed by atoms with van der Waals surface area (Å²) in [5.74, 6) is 0. The van der Waals surface area contributed by atoms with Gasteiger partial charge in [0, 0.05) is 6.61 Å². The Morgan fingerprint density at radius 3 is 2.38 bits per heavy atom. The van der Waals surface area contributed by atoms with Crippen molar-refractivity contribution in [2.24, 2.45) is 0 Å². The maximum absolute atomic E-state index is 5.68. The summed E-state index contributed by atoms with van der Waals surface area (Å²) in [6.07, 6.45) is 1.28. The largest absolute Gasteiger partial charge is 0.381 e. The molecule has 4 nitrogen and oxygen atoms in total. The molecular weight excluding hydrogens is 304 g/mol. The first-order chi connectivity index (χ1) is 11.8. The fraction of sp³-hybridized carbons (Fsp3) is 0.500. The van der Waals surface area contributed by atoms with Gasteiger partial charge in [0.2, 0.25) is 0 Å². The van der Waals surface area contributed by atoms with E-state index in [9.17, 15) is 0 Å². The summed E-state index contributed by atoms with van der Waals surface area (Å²) in [6.45, 7) is 6.95. The van der Waals surface area contributed by atoms with E-state index in [1.165, 1.54) is 21.9 Å². The number of fused-ring (bicyclic) bond motifs is 1. The van der Waals surface area contributed by atoms with E-state index >= 15 is 0 Å². The molecule has 1 aliphatic heterocycles. The van der Waals surface area contributed by atoms with Crippen LogP contribution < -0.4 is 0 Å². The van der Waals surface area contributed by atoms with Crippen molar-refractivity contribution < 1.29 is 18.9 Å². The van der Waals surface area contributed by atoms with Crippen LogP contribution in [0.3, 0.4) is 0 Å². The van der Waals surface area contributed by atoms with Crippen molar-refractivity contribution in [1.29, 1.82) is 0 Å². The van der Waals surface area contributed by atoms with Crippen LogP contribution in [0.2, 0.25) is 0 Å². The van der Waals surface area contributed by atoms with Gasteiger partial charge in [0.25, 0.3) is 0 Å². The molecule has 1 aliphatic rings. The molecule has 3 rings (SSSR count). The van der Waals surface area contributed by atoms with Crippen LogP contribution in [-0.4, -0.2) is 45.7 Å². The van der Waals surface area contributed by atoms with E-state index in [0.717, 1.165) is 26.2 Å². The van der Waals surface area contributed by atoms with Gasteiger partial charge in [-0.2, -0.15) is 0 Å². The molecule has 130 valence electrons. The van der Waals surface area contributed by atoms with E-state index in [1.54, 1.807) is 0 Å². The number of rotatable bonds is 11. The van der Waals surface area contributed by atoms with Gasteiger partial charge in [-0.25, -0.2) is 0 Å². The maximum atomic E-state index is 5.68. The fourth-order valence-corrected chi connectivity index (χ4v) is 2.61. The Labute approximate surface area is 143 Å². The van der Waals surface area contributed by atoms with Crippen LogP contribution in [0, 0.1) is 0 Å². The lowest BCUT2D eigenvalue weighted by molar-refractivity contribution is 0.0353. The van der Waals surface area contributed by atoms with E-state index in [0.29, 0.717) is 32.5 Å². The molecule has 1 heterocycles. The molecule has 0 N–H and O–H groups in total. The molecule has 2 aromatic carbocycles. The topological polar surface area (TPSA) is 40.2 Å². The molecule has 0 saturated carbocycles. The Bertz CT molecular complexity index is 637. The second-order valence-corrected chi connectivity index (χ2v) is 6.05. The Hall–Kier alpha value is -1.46. The second-order valence-electron chi connectivity index (χ2n) is 6.05. The van der Waals surface area contributed by atoms with Crippen LogP contribution in [0.15, 0.2) is 36.4 Å². The molecule has 0 aliphatic carbocycles. The number of hydrogen-bond acceptors (Lipinski definition) is 4. The molecule has 1 fully saturated rings. The molecule has 0 bridgehead atoms. The maximum Gasteiger partial charge on any atom is 0.104 e. The molecule has 1 atom stereocenters. The van der Waals surface area contributed by atoms with Crippen LogP contribution in [0.25, 0.3) is 10.8 Å². The van der Waals surface area contributed by atoms with Gasteiger partial charge in [-0.05, 0) is 41.3 Å². The zero-order chi connectivity index (χ0) is 16.6. The minimum atomic E-state index is 0.323. The Kier molecular flexibility index (Phi) is 6.61. The van der Waals surface area contributed by atoms with Crippen molar-refractivity contribution in [3.63, 3.8) is 0 Å². The summed E-state index contributed by atoms with van der Waals surface area (Å²) < 4.78 is 21.6. The molecule has 0 radical (unpaired) electrons. The molecule has 24 heavy (non-hydrogen) atoms. The minimum Gasteiger partial charge on any atom is -0.381 e. The van der Waals surface area contributed by atoms with Crippen LogP contribution in [0.4, 0.5) is 0 Å². The first kappa shape index (κ1) is 17.4. The van der Waals surface area contributed by atoms with Gasteiger partial charge in [-0.3, -0.25) is 0 Å². The Morgan fingerprint density at radius 1 is 0.917 bits per heavy atom. The minimum absolute atomic E-state index is 0.323. The molecular formula is C20H26O4. The third-order valence-electron chi connectivity index (χ3n) is 4.06. The molecule has 0 aromatic heterocycles. The predicted octanol–water partition coefficient (Wildman–Crippen LogP) is 3.35. The van der Waals surface area contributed by atoms with Gasteiger partial charge in [-0.15, -0.1) is 0 Å². The first-order valence-electron chi connectivity index (χ1n) is 8.71. The Balaban J connectivity index is 1.45. The van der Waals surface area contributed by atoms with Crippen LogP contribution in [-0.2, 0) is 32.0 Å². The van der Waals surface area contributed by atoms with Gasteiger partial charge in [0.05, 0.1) is 39.6 Å². The van der Waals surface area contributed by atoms with Gasteiger partial charge in [0.1, 0.15) is 6.10 Å². The van der Waals surface area contributed by atoms with Crippen molar-refractivity contribution in [3.05, 3.63) is 47.5 Å². The zero-order valence-electron chi connectivity index (χ0n) is 14.3. The van der Waals surface area contributed by atoms with Crippen molar-refractivity contribution in [2.45, 2.75) is 26.1 Å². The number of ether oxygens (including phenoxy) is 4. The summed E-state index contributed by atoms with van der Waals surface area (Å²) >= 11 is 0. The summed E-state index contributed by atoms with van der Waals surface area (Å²) in [7, 11) is 0. The quantitative estimate of drug-likeness (QED) is 0.468.